The molecule has 1 N–H and O–H groups in total. The molecule has 1 saturated carbocycles. The number of hydrogen-bond donors (Lipinski definition) is 1. The Bertz CT molecular complexity index is 331. The lowest BCUT2D eigenvalue weighted by Crippen LogP contribution is -2.67. The Labute approximate surface area is 159 Å². The monoisotopic (exact) mass is 400 g/mol. The van der Waals surface area contributed by atoms with Gasteiger partial charge in [0, 0.05) is 35.5 Å². The molecule has 0 aromatic rings. The molecule has 0 heterocycles. The van der Waals surface area contributed by atoms with E-state index in [0.29, 0.717) is 0 Å². The first-order valence-electron chi connectivity index (χ1n) is 8.36. The van der Waals surface area contributed by atoms with Crippen LogP contribution >= 0.6 is 0 Å². The van der Waals surface area contributed by atoms with E-state index in [1.165, 1.54) is 35.5 Å². The van der Waals surface area contributed by atoms with Crippen molar-refractivity contribution in [2.24, 2.45) is 0 Å². The zero-order chi connectivity index (χ0) is 20.1. The first-order valence-corrected chi connectivity index (χ1v) is 8.36. The summed E-state index contributed by atoms with van der Waals surface area (Å²) >= 11 is 0. The maximum Gasteiger partial charge on any atom is 0.146 e. The average Bonchev–Trinajstić information content (AvgIpc) is 2.68. The first-order chi connectivity index (χ1) is 13.2. The van der Waals surface area contributed by atoms with Crippen LogP contribution in [-0.4, -0.2) is 111 Å². The minimum absolute atomic E-state index is 0.0333. The highest BCUT2D eigenvalue weighted by Crippen LogP contribution is 2.32. The van der Waals surface area contributed by atoms with Crippen LogP contribution in [-0.2, 0) is 47.4 Å². The van der Waals surface area contributed by atoms with Gasteiger partial charge in [-0.05, 0) is 0 Å². The van der Waals surface area contributed by atoms with E-state index >= 15 is 0 Å². The van der Waals surface area contributed by atoms with E-state index < -0.39 is 36.6 Å². The molecule has 1 fully saturated rings. The maximum atomic E-state index is 10.9. The number of rotatable bonds is 15. The summed E-state index contributed by atoms with van der Waals surface area (Å²) in [5, 5.41) is 10.9. The molecule has 0 aliphatic heterocycles. The zero-order valence-electron chi connectivity index (χ0n) is 16.5. The molecule has 0 bridgehead atoms. The summed E-state index contributed by atoms with van der Waals surface area (Å²) in [7, 11) is 7.41. The third-order valence-corrected chi connectivity index (χ3v) is 3.86. The van der Waals surface area contributed by atoms with Gasteiger partial charge >= 0.3 is 0 Å². The molecule has 6 atom stereocenters. The highest BCUT2D eigenvalue weighted by molar-refractivity contribution is 5.02. The molecule has 0 radical (unpaired) electrons. The van der Waals surface area contributed by atoms with E-state index in [0.717, 1.165) is 0 Å². The first kappa shape index (κ1) is 24.6. The Morgan fingerprint density at radius 3 is 0.926 bits per heavy atom. The lowest BCUT2D eigenvalue weighted by molar-refractivity contribution is -0.313. The molecule has 1 aliphatic carbocycles. The van der Waals surface area contributed by atoms with E-state index in [4.69, 9.17) is 47.4 Å². The Morgan fingerprint density at radius 2 is 0.667 bits per heavy atom. The van der Waals surface area contributed by atoms with Gasteiger partial charge in [0.2, 0.25) is 0 Å². The molecule has 2 unspecified atom stereocenters. The molecular formula is C16H32O11. The van der Waals surface area contributed by atoms with Gasteiger partial charge in [-0.25, -0.2) is 0 Å². The van der Waals surface area contributed by atoms with Gasteiger partial charge in [-0.15, -0.1) is 0 Å². The Hall–Kier alpha value is -0.440. The molecule has 1 rings (SSSR count). The lowest BCUT2D eigenvalue weighted by Gasteiger charge is -2.47. The van der Waals surface area contributed by atoms with E-state index in [2.05, 4.69) is 0 Å². The van der Waals surface area contributed by atoms with Gasteiger partial charge in [-0.2, -0.15) is 0 Å². The summed E-state index contributed by atoms with van der Waals surface area (Å²) in [6.45, 7) is -0.248. The van der Waals surface area contributed by atoms with Crippen molar-refractivity contribution in [3.63, 3.8) is 0 Å². The molecule has 0 saturated heterocycles. The summed E-state index contributed by atoms with van der Waals surface area (Å²) in [6, 6.07) is 0. The van der Waals surface area contributed by atoms with Crippen molar-refractivity contribution < 1.29 is 52.5 Å². The highest BCUT2D eigenvalue weighted by atomic mass is 16.7. The molecule has 0 aromatic carbocycles. The zero-order valence-corrected chi connectivity index (χ0v) is 16.5. The van der Waals surface area contributed by atoms with Crippen molar-refractivity contribution in [3.05, 3.63) is 0 Å². The molecule has 162 valence electrons. The van der Waals surface area contributed by atoms with Crippen LogP contribution in [0.4, 0.5) is 0 Å². The molecule has 11 nitrogen and oxygen atoms in total. The van der Waals surface area contributed by atoms with Crippen LogP contribution in [0.2, 0.25) is 0 Å². The molecule has 11 heteroatoms. The van der Waals surface area contributed by atoms with Gasteiger partial charge in [-0.3, -0.25) is 0 Å². The standard InChI is InChI=1S/C16H32O11/c1-18-6-23-12-11(17)13(24-7-19-2)15(26-9-21-4)16(27-10-22-5)14(12)25-8-20-3/h11-17H,6-10H2,1-5H3/t11?,12-,13-,14-,15+,16?/m0/s1. The molecule has 0 spiro atoms. The summed E-state index contributed by atoms with van der Waals surface area (Å²) in [4.78, 5) is 0. The summed E-state index contributed by atoms with van der Waals surface area (Å²) < 4.78 is 53.5. The molecule has 0 aromatic heterocycles. The predicted molar refractivity (Wildman–Crippen MR) is 89.8 cm³/mol. The molecule has 27 heavy (non-hydrogen) atoms. The number of aliphatic hydroxyl groups is 1. The van der Waals surface area contributed by atoms with Gasteiger partial charge in [-0.1, -0.05) is 0 Å². The van der Waals surface area contributed by atoms with Crippen molar-refractivity contribution >= 4 is 0 Å². The van der Waals surface area contributed by atoms with E-state index in [-0.39, 0.29) is 34.0 Å². The number of hydrogen-bond acceptors (Lipinski definition) is 11. The second kappa shape index (κ2) is 14.5. The fraction of sp³-hybridized carbons (Fsp3) is 1.00. The number of ether oxygens (including phenoxy) is 10. The largest absolute Gasteiger partial charge is 0.387 e. The third-order valence-electron chi connectivity index (χ3n) is 3.86. The van der Waals surface area contributed by atoms with Crippen molar-refractivity contribution in [3.8, 4) is 0 Å². The van der Waals surface area contributed by atoms with Crippen LogP contribution in [0.1, 0.15) is 0 Å². The average molecular weight is 400 g/mol. The maximum absolute atomic E-state index is 10.9. The second-order valence-electron chi connectivity index (χ2n) is 5.68. The van der Waals surface area contributed by atoms with E-state index in [1.54, 1.807) is 0 Å². The Kier molecular flexibility index (Phi) is 13.2. The molecular weight excluding hydrogens is 368 g/mol. The smallest absolute Gasteiger partial charge is 0.146 e. The normalized spacial score (nSPS) is 31.3. The van der Waals surface area contributed by atoms with Crippen LogP contribution in [0.25, 0.3) is 0 Å². The van der Waals surface area contributed by atoms with Crippen molar-refractivity contribution in [1.29, 1.82) is 0 Å². The quantitative estimate of drug-likeness (QED) is 0.352. The third kappa shape index (κ3) is 7.48. The minimum Gasteiger partial charge on any atom is -0.387 e. The minimum atomic E-state index is -1.12. The van der Waals surface area contributed by atoms with Crippen LogP contribution in [0.3, 0.4) is 0 Å². The van der Waals surface area contributed by atoms with Crippen molar-refractivity contribution in [2.75, 3.05) is 69.5 Å². The van der Waals surface area contributed by atoms with Crippen LogP contribution in [0.15, 0.2) is 0 Å². The summed E-state index contributed by atoms with van der Waals surface area (Å²) in [6.07, 6.45) is -5.04. The van der Waals surface area contributed by atoms with E-state index in [9.17, 15) is 5.11 Å². The topological polar surface area (TPSA) is 113 Å². The fourth-order valence-electron chi connectivity index (χ4n) is 2.83. The summed E-state index contributed by atoms with van der Waals surface area (Å²) in [5.41, 5.74) is 0. The SMILES string of the molecule is COCOC1[C@@H](OCOC)[C@@H](OCOC)C(O)[C@H](OCOC)[C@H]1OCOC. The highest BCUT2D eigenvalue weighted by Gasteiger charge is 2.54. The van der Waals surface area contributed by atoms with Gasteiger partial charge in [0.15, 0.2) is 0 Å². The van der Waals surface area contributed by atoms with Crippen molar-refractivity contribution in [1.82, 2.24) is 0 Å². The van der Waals surface area contributed by atoms with Gasteiger partial charge in [0.05, 0.1) is 0 Å². The van der Waals surface area contributed by atoms with E-state index in [1.807, 2.05) is 0 Å². The summed E-state index contributed by atoms with van der Waals surface area (Å²) in [5.74, 6) is 0. The van der Waals surface area contributed by atoms with Crippen LogP contribution < -0.4 is 0 Å². The van der Waals surface area contributed by atoms with Gasteiger partial charge < -0.3 is 52.5 Å². The Morgan fingerprint density at radius 1 is 0.444 bits per heavy atom. The second-order valence-corrected chi connectivity index (χ2v) is 5.68. The van der Waals surface area contributed by atoms with Crippen LogP contribution in [0, 0.1) is 0 Å². The number of aliphatic hydroxyl groups excluding tert-OH is 1. The molecule has 0 amide bonds. The Balaban J connectivity index is 3.14. The lowest BCUT2D eigenvalue weighted by atomic mass is 9.84. The van der Waals surface area contributed by atoms with Gasteiger partial charge in [0.1, 0.15) is 70.6 Å². The van der Waals surface area contributed by atoms with Crippen molar-refractivity contribution in [2.45, 2.75) is 36.6 Å². The number of methoxy groups -OCH3 is 5. The van der Waals surface area contributed by atoms with Crippen LogP contribution in [0.5, 0.6) is 0 Å². The fourth-order valence-corrected chi connectivity index (χ4v) is 2.83. The van der Waals surface area contributed by atoms with Gasteiger partial charge in [0.25, 0.3) is 0 Å². The molecule has 1 aliphatic rings. The predicted octanol–water partition coefficient (Wildman–Crippen LogP) is -0.694.